The second-order valence-electron chi connectivity index (χ2n) is 8.24. The summed E-state index contributed by atoms with van der Waals surface area (Å²) in [7, 11) is 2.32. The monoisotopic (exact) mass is 294 g/mol. The molecule has 2 heterocycles. The van der Waals surface area contributed by atoms with Gasteiger partial charge in [-0.05, 0) is 69.9 Å². The van der Waals surface area contributed by atoms with Gasteiger partial charge >= 0.3 is 0 Å². The Labute approximate surface area is 130 Å². The second kappa shape index (κ2) is 6.55. The van der Waals surface area contributed by atoms with Gasteiger partial charge in [0.1, 0.15) is 0 Å². The number of likely N-dealkylation sites (tertiary alicyclic amines) is 1. The van der Waals surface area contributed by atoms with Crippen LogP contribution < -0.4 is 0 Å². The molecule has 0 radical (unpaired) electrons. The summed E-state index contributed by atoms with van der Waals surface area (Å²) in [4.78, 5) is 5.28. The van der Waals surface area contributed by atoms with Crippen molar-refractivity contribution in [1.82, 2.24) is 9.80 Å². The SMILES string of the molecule is CC(C)C1CCC(O)C(CN2CCC3CCC(C2)N3C)C1. The fourth-order valence-corrected chi connectivity index (χ4v) is 4.96. The smallest absolute Gasteiger partial charge is 0.0580 e. The van der Waals surface area contributed by atoms with Crippen LogP contribution in [0.3, 0.4) is 0 Å². The lowest BCUT2D eigenvalue weighted by atomic mass is 9.74. The van der Waals surface area contributed by atoms with Gasteiger partial charge in [0.15, 0.2) is 0 Å². The molecule has 0 aromatic carbocycles. The first-order chi connectivity index (χ1) is 10.0. The van der Waals surface area contributed by atoms with Crippen molar-refractivity contribution in [2.75, 3.05) is 26.7 Å². The van der Waals surface area contributed by atoms with E-state index in [0.29, 0.717) is 5.92 Å². The van der Waals surface area contributed by atoms with E-state index in [1.807, 2.05) is 0 Å². The van der Waals surface area contributed by atoms with Crippen molar-refractivity contribution in [3.8, 4) is 0 Å². The summed E-state index contributed by atoms with van der Waals surface area (Å²) in [6, 6.07) is 1.58. The highest BCUT2D eigenvalue weighted by Gasteiger charge is 2.37. The van der Waals surface area contributed by atoms with Gasteiger partial charge in [0.2, 0.25) is 0 Å². The lowest BCUT2D eigenvalue weighted by Crippen LogP contribution is -2.43. The van der Waals surface area contributed by atoms with Crippen molar-refractivity contribution in [3.63, 3.8) is 0 Å². The Bertz CT molecular complexity index is 346. The zero-order valence-electron chi connectivity index (χ0n) is 14.2. The molecule has 3 heteroatoms. The molecule has 0 spiro atoms. The maximum absolute atomic E-state index is 10.4. The molecule has 5 atom stereocenters. The van der Waals surface area contributed by atoms with Gasteiger partial charge in [-0.25, -0.2) is 0 Å². The Morgan fingerprint density at radius 1 is 1.05 bits per heavy atom. The molecule has 1 aliphatic carbocycles. The van der Waals surface area contributed by atoms with Gasteiger partial charge in [0.25, 0.3) is 0 Å². The molecule has 0 amide bonds. The fourth-order valence-electron chi connectivity index (χ4n) is 4.96. The van der Waals surface area contributed by atoms with Crippen LogP contribution in [-0.2, 0) is 0 Å². The molecule has 2 aliphatic heterocycles. The summed E-state index contributed by atoms with van der Waals surface area (Å²) < 4.78 is 0. The normalized spacial score (nSPS) is 42.4. The number of hydrogen-bond donors (Lipinski definition) is 1. The average molecular weight is 294 g/mol. The van der Waals surface area contributed by atoms with Crippen molar-refractivity contribution >= 4 is 0 Å². The number of nitrogens with zero attached hydrogens (tertiary/aromatic N) is 2. The fraction of sp³-hybridized carbons (Fsp3) is 1.00. The van der Waals surface area contributed by atoms with Crippen LogP contribution in [0, 0.1) is 17.8 Å². The first kappa shape index (κ1) is 15.8. The summed E-state index contributed by atoms with van der Waals surface area (Å²) in [6.07, 6.45) is 7.52. The predicted octanol–water partition coefficient (Wildman–Crippen LogP) is 2.59. The molecule has 122 valence electrons. The predicted molar refractivity (Wildman–Crippen MR) is 87.3 cm³/mol. The zero-order chi connectivity index (χ0) is 15.0. The van der Waals surface area contributed by atoms with Crippen LogP contribution >= 0.6 is 0 Å². The van der Waals surface area contributed by atoms with Crippen LogP contribution in [0.5, 0.6) is 0 Å². The van der Waals surface area contributed by atoms with Gasteiger partial charge in [-0.3, -0.25) is 4.90 Å². The molecule has 5 unspecified atom stereocenters. The highest BCUT2D eigenvalue weighted by Crippen LogP contribution is 2.35. The number of fused-ring (bicyclic) bond motifs is 2. The molecule has 3 rings (SSSR count). The summed E-state index contributed by atoms with van der Waals surface area (Å²) in [6.45, 7) is 8.28. The van der Waals surface area contributed by atoms with Gasteiger partial charge in [-0.1, -0.05) is 13.8 Å². The van der Waals surface area contributed by atoms with E-state index in [1.54, 1.807) is 0 Å². The molecule has 0 aromatic heterocycles. The van der Waals surface area contributed by atoms with Crippen LogP contribution in [0.15, 0.2) is 0 Å². The minimum absolute atomic E-state index is 0.0572. The van der Waals surface area contributed by atoms with Crippen LogP contribution in [0.4, 0.5) is 0 Å². The number of rotatable bonds is 3. The first-order valence-electron chi connectivity index (χ1n) is 9.17. The van der Waals surface area contributed by atoms with Crippen molar-refractivity contribution in [2.24, 2.45) is 17.8 Å². The molecule has 0 aromatic rings. The molecule has 1 saturated carbocycles. The molecular formula is C18H34N2O. The quantitative estimate of drug-likeness (QED) is 0.867. The van der Waals surface area contributed by atoms with Gasteiger partial charge in [0.05, 0.1) is 6.10 Å². The van der Waals surface area contributed by atoms with Crippen molar-refractivity contribution in [2.45, 2.75) is 70.6 Å². The topological polar surface area (TPSA) is 26.7 Å². The molecule has 3 nitrogen and oxygen atoms in total. The minimum atomic E-state index is -0.0572. The van der Waals surface area contributed by atoms with Gasteiger partial charge in [0, 0.05) is 25.2 Å². The highest BCUT2D eigenvalue weighted by atomic mass is 16.3. The van der Waals surface area contributed by atoms with E-state index in [2.05, 4.69) is 30.7 Å². The van der Waals surface area contributed by atoms with E-state index in [0.717, 1.165) is 36.9 Å². The Morgan fingerprint density at radius 2 is 1.81 bits per heavy atom. The molecule has 2 bridgehead atoms. The van der Waals surface area contributed by atoms with Crippen LogP contribution in [0.2, 0.25) is 0 Å². The average Bonchev–Trinajstić information content (AvgIpc) is 2.69. The summed E-state index contributed by atoms with van der Waals surface area (Å²) in [5.41, 5.74) is 0. The van der Waals surface area contributed by atoms with E-state index in [9.17, 15) is 5.11 Å². The van der Waals surface area contributed by atoms with E-state index < -0.39 is 0 Å². The molecule has 1 N–H and O–H groups in total. The van der Waals surface area contributed by atoms with Crippen molar-refractivity contribution in [1.29, 1.82) is 0 Å². The summed E-state index contributed by atoms with van der Waals surface area (Å²) in [5, 5.41) is 10.4. The van der Waals surface area contributed by atoms with Crippen LogP contribution in [-0.4, -0.2) is 59.8 Å². The van der Waals surface area contributed by atoms with E-state index in [1.165, 1.54) is 45.2 Å². The maximum Gasteiger partial charge on any atom is 0.0580 e. The minimum Gasteiger partial charge on any atom is -0.393 e. The molecule has 3 fully saturated rings. The number of hydrogen-bond acceptors (Lipinski definition) is 3. The zero-order valence-corrected chi connectivity index (χ0v) is 14.2. The lowest BCUT2D eigenvalue weighted by molar-refractivity contribution is 0.0173. The number of likely N-dealkylation sites (N-methyl/N-ethyl adjacent to an activating group) is 1. The van der Waals surface area contributed by atoms with E-state index in [4.69, 9.17) is 0 Å². The molecule has 3 aliphatic rings. The lowest BCUT2D eigenvalue weighted by Gasteiger charge is -2.38. The Morgan fingerprint density at radius 3 is 2.57 bits per heavy atom. The largest absolute Gasteiger partial charge is 0.393 e. The third-order valence-corrected chi connectivity index (χ3v) is 6.65. The maximum atomic E-state index is 10.4. The highest BCUT2D eigenvalue weighted by molar-refractivity contribution is 4.92. The Kier molecular flexibility index (Phi) is 4.92. The third kappa shape index (κ3) is 3.46. The van der Waals surface area contributed by atoms with Crippen LogP contribution in [0.25, 0.3) is 0 Å². The van der Waals surface area contributed by atoms with Gasteiger partial charge < -0.3 is 10.0 Å². The van der Waals surface area contributed by atoms with Crippen molar-refractivity contribution < 1.29 is 5.11 Å². The molecular weight excluding hydrogens is 260 g/mol. The van der Waals surface area contributed by atoms with Crippen LogP contribution in [0.1, 0.15) is 52.4 Å². The third-order valence-electron chi connectivity index (χ3n) is 6.65. The van der Waals surface area contributed by atoms with Gasteiger partial charge in [-0.15, -0.1) is 0 Å². The summed E-state index contributed by atoms with van der Waals surface area (Å²) in [5.74, 6) is 2.10. The Balaban J connectivity index is 1.57. The first-order valence-corrected chi connectivity index (χ1v) is 9.17. The summed E-state index contributed by atoms with van der Waals surface area (Å²) >= 11 is 0. The van der Waals surface area contributed by atoms with Gasteiger partial charge in [-0.2, -0.15) is 0 Å². The Hall–Kier alpha value is -0.120. The van der Waals surface area contributed by atoms with Crippen molar-refractivity contribution in [3.05, 3.63) is 0 Å². The standard InChI is InChI=1S/C18H34N2O/c1-13(2)14-4-7-18(21)15(10-14)11-20-9-8-16-5-6-17(12-20)19(16)3/h13-18,21H,4-12H2,1-3H3. The number of aliphatic hydroxyl groups is 1. The number of aliphatic hydroxyl groups excluding tert-OH is 1. The second-order valence-corrected chi connectivity index (χ2v) is 8.24. The molecule has 2 saturated heterocycles. The van der Waals surface area contributed by atoms with E-state index in [-0.39, 0.29) is 6.10 Å². The van der Waals surface area contributed by atoms with E-state index >= 15 is 0 Å². The molecule has 21 heavy (non-hydrogen) atoms.